The van der Waals surface area contributed by atoms with Gasteiger partial charge in [-0.25, -0.2) is 0 Å². The summed E-state index contributed by atoms with van der Waals surface area (Å²) in [7, 11) is 0. The van der Waals surface area contributed by atoms with E-state index in [0.717, 1.165) is 40.5 Å². The first-order valence-electron chi connectivity index (χ1n) is 9.75. The quantitative estimate of drug-likeness (QED) is 0.637. The van der Waals surface area contributed by atoms with E-state index in [2.05, 4.69) is 22.6 Å². The number of hydrogen-bond donors (Lipinski definition) is 1. The summed E-state index contributed by atoms with van der Waals surface area (Å²) in [5, 5.41) is 7.13. The number of carbonyl (C=O) groups excluding carboxylic acids is 1. The van der Waals surface area contributed by atoms with Gasteiger partial charge in [-0.15, -0.1) is 11.8 Å². The minimum Gasteiger partial charge on any atom is -0.489 e. The molecule has 3 aromatic rings. The molecule has 0 saturated carbocycles. The number of aromatic nitrogens is 1. The first-order valence-corrected chi connectivity index (χ1v) is 10.7. The van der Waals surface area contributed by atoms with Gasteiger partial charge in [-0.2, -0.15) is 0 Å². The minimum atomic E-state index is 0.0427. The van der Waals surface area contributed by atoms with Crippen molar-refractivity contribution in [3.8, 4) is 5.75 Å². The number of benzene rings is 2. The lowest BCUT2D eigenvalue weighted by Gasteiger charge is -2.25. The molecule has 1 aliphatic heterocycles. The number of thioether (sulfide) groups is 1. The Labute approximate surface area is 174 Å². The summed E-state index contributed by atoms with van der Waals surface area (Å²) in [5.41, 5.74) is 4.00. The molecule has 0 saturated heterocycles. The summed E-state index contributed by atoms with van der Waals surface area (Å²) in [6.07, 6.45) is 1.32. The number of hydrogen-bond acceptors (Lipinski definition) is 5. The topological polar surface area (TPSA) is 64.4 Å². The highest BCUT2D eigenvalue weighted by atomic mass is 32.2. The van der Waals surface area contributed by atoms with Gasteiger partial charge in [-0.1, -0.05) is 35.5 Å². The Morgan fingerprint density at radius 2 is 2.00 bits per heavy atom. The number of aryl methyl sites for hydroxylation is 2. The third-order valence-electron chi connectivity index (χ3n) is 5.15. The summed E-state index contributed by atoms with van der Waals surface area (Å²) < 4.78 is 11.0. The van der Waals surface area contributed by atoms with Gasteiger partial charge in [0, 0.05) is 10.6 Å². The minimum absolute atomic E-state index is 0.0427. The average Bonchev–Trinajstić information content (AvgIpc) is 3.05. The fraction of sp³-hybridized carbons (Fsp3) is 0.304. The van der Waals surface area contributed by atoms with Gasteiger partial charge in [-0.05, 0) is 49.6 Å². The molecular weight excluding hydrogens is 384 g/mol. The van der Waals surface area contributed by atoms with Gasteiger partial charge in [-0.3, -0.25) is 4.79 Å². The molecule has 0 unspecified atom stereocenters. The van der Waals surface area contributed by atoms with Crippen LogP contribution in [-0.4, -0.2) is 16.8 Å². The second kappa shape index (κ2) is 8.74. The van der Waals surface area contributed by atoms with Crippen LogP contribution in [0.3, 0.4) is 0 Å². The molecule has 0 radical (unpaired) electrons. The summed E-state index contributed by atoms with van der Waals surface area (Å²) in [6.45, 7) is 4.20. The van der Waals surface area contributed by atoms with E-state index in [1.54, 1.807) is 0 Å². The van der Waals surface area contributed by atoms with Gasteiger partial charge < -0.3 is 14.6 Å². The molecular formula is C23H24N2O3S. The number of rotatable bonds is 6. The van der Waals surface area contributed by atoms with Gasteiger partial charge in [0.25, 0.3) is 0 Å². The lowest BCUT2D eigenvalue weighted by molar-refractivity contribution is -0.121. The van der Waals surface area contributed by atoms with Crippen molar-refractivity contribution in [2.24, 2.45) is 0 Å². The summed E-state index contributed by atoms with van der Waals surface area (Å²) in [5.74, 6) is 2.60. The molecule has 1 aromatic heterocycles. The second-order valence-corrected chi connectivity index (χ2v) is 8.34. The van der Waals surface area contributed by atoms with Crippen LogP contribution in [0.2, 0.25) is 0 Å². The van der Waals surface area contributed by atoms with E-state index in [9.17, 15) is 4.79 Å². The maximum absolute atomic E-state index is 12.6. The lowest BCUT2D eigenvalue weighted by Crippen LogP contribution is -2.31. The Balaban J connectivity index is 1.33. The van der Waals surface area contributed by atoms with Crippen molar-refractivity contribution in [2.45, 2.75) is 44.2 Å². The van der Waals surface area contributed by atoms with Crippen molar-refractivity contribution < 1.29 is 14.1 Å². The molecule has 29 heavy (non-hydrogen) atoms. The van der Waals surface area contributed by atoms with E-state index in [1.807, 2.05) is 62.0 Å². The molecule has 1 aliphatic rings. The lowest BCUT2D eigenvalue weighted by atomic mass is 10.0. The van der Waals surface area contributed by atoms with Gasteiger partial charge >= 0.3 is 0 Å². The standard InChI is InChI=1S/C23H24N2O3S/c1-15-20(16(2)28-25-15)14-27-18-9-7-17(8-10-18)13-23(26)24-21-11-12-29-22-6-4-3-5-19(21)22/h3-10,21H,11-14H2,1-2H3,(H,24,26)/t21-/m1/s1. The molecule has 0 spiro atoms. The number of nitrogens with one attached hydrogen (secondary N) is 1. The van der Waals surface area contributed by atoms with E-state index >= 15 is 0 Å². The fourth-order valence-electron chi connectivity index (χ4n) is 3.49. The highest BCUT2D eigenvalue weighted by Gasteiger charge is 2.21. The van der Waals surface area contributed by atoms with E-state index < -0.39 is 0 Å². The molecule has 0 fully saturated rings. The van der Waals surface area contributed by atoms with Crippen molar-refractivity contribution in [3.63, 3.8) is 0 Å². The van der Waals surface area contributed by atoms with Crippen LogP contribution in [0.15, 0.2) is 57.9 Å². The maximum atomic E-state index is 12.6. The maximum Gasteiger partial charge on any atom is 0.224 e. The molecule has 0 aliphatic carbocycles. The molecule has 150 valence electrons. The first kappa shape index (κ1) is 19.6. The number of amides is 1. The van der Waals surface area contributed by atoms with Crippen LogP contribution in [-0.2, 0) is 17.8 Å². The second-order valence-electron chi connectivity index (χ2n) is 7.21. The highest BCUT2D eigenvalue weighted by Crippen LogP contribution is 2.35. The van der Waals surface area contributed by atoms with Crippen LogP contribution in [0, 0.1) is 13.8 Å². The summed E-state index contributed by atoms with van der Waals surface area (Å²) in [6, 6.07) is 16.1. The largest absolute Gasteiger partial charge is 0.489 e. The van der Waals surface area contributed by atoms with Gasteiger partial charge in [0.15, 0.2) is 0 Å². The predicted octanol–water partition coefficient (Wildman–Crippen LogP) is 4.77. The number of fused-ring (bicyclic) bond motifs is 1. The van der Waals surface area contributed by atoms with Crippen LogP contribution in [0.5, 0.6) is 5.75 Å². The molecule has 4 rings (SSSR count). The van der Waals surface area contributed by atoms with Crippen molar-refractivity contribution in [1.29, 1.82) is 0 Å². The Morgan fingerprint density at radius 3 is 2.76 bits per heavy atom. The van der Waals surface area contributed by atoms with Crippen molar-refractivity contribution in [2.75, 3.05) is 5.75 Å². The molecule has 1 N–H and O–H groups in total. The van der Waals surface area contributed by atoms with Crippen molar-refractivity contribution in [1.82, 2.24) is 10.5 Å². The Hall–Kier alpha value is -2.73. The number of carbonyl (C=O) groups is 1. The van der Waals surface area contributed by atoms with Crippen LogP contribution >= 0.6 is 11.8 Å². The third-order valence-corrected chi connectivity index (χ3v) is 6.27. The van der Waals surface area contributed by atoms with E-state index in [0.29, 0.717) is 13.0 Å². The average molecular weight is 409 g/mol. The van der Waals surface area contributed by atoms with Crippen LogP contribution in [0.4, 0.5) is 0 Å². The van der Waals surface area contributed by atoms with E-state index in [4.69, 9.17) is 9.26 Å². The molecule has 6 heteroatoms. The Bertz CT molecular complexity index is 978. The van der Waals surface area contributed by atoms with Gasteiger partial charge in [0.2, 0.25) is 5.91 Å². The highest BCUT2D eigenvalue weighted by molar-refractivity contribution is 7.99. The predicted molar refractivity (Wildman–Crippen MR) is 113 cm³/mol. The van der Waals surface area contributed by atoms with Crippen LogP contribution in [0.25, 0.3) is 0 Å². The summed E-state index contributed by atoms with van der Waals surface area (Å²) >= 11 is 1.86. The zero-order valence-corrected chi connectivity index (χ0v) is 17.4. The monoisotopic (exact) mass is 408 g/mol. The number of nitrogens with zero attached hydrogens (tertiary/aromatic N) is 1. The van der Waals surface area contributed by atoms with E-state index in [-0.39, 0.29) is 11.9 Å². The zero-order chi connectivity index (χ0) is 20.2. The normalized spacial score (nSPS) is 15.6. The summed E-state index contributed by atoms with van der Waals surface area (Å²) in [4.78, 5) is 13.8. The molecule has 1 amide bonds. The molecule has 1 atom stereocenters. The van der Waals surface area contributed by atoms with Crippen LogP contribution < -0.4 is 10.1 Å². The first-order chi connectivity index (χ1) is 14.1. The smallest absolute Gasteiger partial charge is 0.224 e. The SMILES string of the molecule is Cc1noc(C)c1COc1ccc(CC(=O)N[C@@H]2CCSc3ccccc32)cc1. The van der Waals surface area contributed by atoms with Gasteiger partial charge in [0.05, 0.1) is 23.7 Å². The van der Waals surface area contributed by atoms with Crippen molar-refractivity contribution in [3.05, 3.63) is 76.7 Å². The van der Waals surface area contributed by atoms with Crippen LogP contribution in [0.1, 0.15) is 40.6 Å². The number of ether oxygens (including phenoxy) is 1. The molecule has 2 aromatic carbocycles. The van der Waals surface area contributed by atoms with Gasteiger partial charge in [0.1, 0.15) is 18.1 Å². The Morgan fingerprint density at radius 1 is 1.21 bits per heavy atom. The third kappa shape index (κ3) is 4.65. The molecule has 2 heterocycles. The zero-order valence-electron chi connectivity index (χ0n) is 16.6. The van der Waals surface area contributed by atoms with E-state index in [1.165, 1.54) is 10.5 Å². The Kier molecular flexibility index (Phi) is 5.90. The molecule has 5 nitrogen and oxygen atoms in total. The van der Waals surface area contributed by atoms with Crippen molar-refractivity contribution >= 4 is 17.7 Å². The molecule has 0 bridgehead atoms. The fourth-order valence-corrected chi connectivity index (χ4v) is 4.61.